The first-order valence-electron chi connectivity index (χ1n) is 9.21. The lowest BCUT2D eigenvalue weighted by atomic mass is 10.1. The second-order valence-electron chi connectivity index (χ2n) is 6.98. The highest BCUT2D eigenvalue weighted by molar-refractivity contribution is 6.22. The number of likely N-dealkylation sites (N-methyl/N-ethyl adjacent to an activating group) is 1. The maximum Gasteiger partial charge on any atom is 0.324 e. The number of fused-ring (bicyclic) bond motifs is 1. The second kappa shape index (κ2) is 7.45. The molecule has 1 fully saturated rings. The molecule has 2 aromatic carbocycles. The Bertz CT molecular complexity index is 989. The van der Waals surface area contributed by atoms with Crippen LogP contribution in [0.4, 0.5) is 9.18 Å². The summed E-state index contributed by atoms with van der Waals surface area (Å²) in [4.78, 5) is 16.6. The molecule has 146 valence electrons. The maximum absolute atomic E-state index is 13.3. The fraction of sp³-hybridized carbons (Fsp3) is 0.286. The van der Waals surface area contributed by atoms with E-state index in [0.29, 0.717) is 6.67 Å². The summed E-state index contributed by atoms with van der Waals surface area (Å²) in [6.45, 7) is 2.29. The van der Waals surface area contributed by atoms with E-state index in [2.05, 4.69) is 5.32 Å². The van der Waals surface area contributed by atoms with E-state index in [9.17, 15) is 9.18 Å². The zero-order valence-electron chi connectivity index (χ0n) is 15.7. The van der Waals surface area contributed by atoms with Crippen LogP contribution < -0.4 is 5.32 Å². The molecule has 2 heterocycles. The molecule has 1 aliphatic rings. The second-order valence-corrected chi connectivity index (χ2v) is 7.43. The normalized spacial score (nSPS) is 20.9. The highest BCUT2D eigenvalue weighted by Gasteiger charge is 2.46. The quantitative estimate of drug-likeness (QED) is 0.511. The summed E-state index contributed by atoms with van der Waals surface area (Å²) in [6, 6.07) is 15.8. The fourth-order valence-electron chi connectivity index (χ4n) is 3.82. The summed E-state index contributed by atoms with van der Waals surface area (Å²) in [5.74, 6) is -0.305. The van der Waals surface area contributed by atoms with E-state index in [-0.39, 0.29) is 24.1 Å². The Morgan fingerprint density at radius 1 is 1.14 bits per heavy atom. The minimum absolute atomic E-state index is 0.158. The molecule has 0 saturated carbocycles. The fourth-order valence-corrected chi connectivity index (χ4v) is 4.34. The Labute approximate surface area is 168 Å². The van der Waals surface area contributed by atoms with Crippen LogP contribution in [0.25, 0.3) is 10.9 Å². The van der Waals surface area contributed by atoms with Crippen LogP contribution in [0, 0.1) is 5.82 Å². The number of alkyl halides is 1. The zero-order valence-corrected chi connectivity index (χ0v) is 16.5. The van der Waals surface area contributed by atoms with Gasteiger partial charge in [-0.3, -0.25) is 15.1 Å². The molecule has 3 unspecified atom stereocenters. The van der Waals surface area contributed by atoms with Crippen LogP contribution in [0.15, 0.2) is 60.8 Å². The molecule has 0 bridgehead atoms. The molecule has 0 spiro atoms. The number of rotatable bonds is 5. The van der Waals surface area contributed by atoms with Crippen molar-refractivity contribution in [1.82, 2.24) is 19.7 Å². The molecule has 1 aliphatic heterocycles. The smallest absolute Gasteiger partial charge is 0.324 e. The topological polar surface area (TPSA) is 40.5 Å². The monoisotopic (exact) mass is 400 g/mol. The molecular weight excluding hydrogens is 379 g/mol. The maximum atomic E-state index is 13.3. The van der Waals surface area contributed by atoms with E-state index < -0.39 is 5.50 Å². The number of carbonyl (C=O) groups is 1. The van der Waals surface area contributed by atoms with Gasteiger partial charge in [0.25, 0.3) is 0 Å². The molecule has 3 atom stereocenters. The zero-order chi connectivity index (χ0) is 19.8. The molecule has 2 amide bonds. The molecule has 28 heavy (non-hydrogen) atoms. The van der Waals surface area contributed by atoms with Gasteiger partial charge in [0, 0.05) is 11.7 Å². The first kappa shape index (κ1) is 18.8. The van der Waals surface area contributed by atoms with Crippen LogP contribution in [0.2, 0.25) is 0 Å². The van der Waals surface area contributed by atoms with Gasteiger partial charge in [-0.2, -0.15) is 0 Å². The average molecular weight is 401 g/mol. The third-order valence-corrected chi connectivity index (χ3v) is 5.83. The minimum Gasteiger partial charge on any atom is -0.329 e. The number of aromatic nitrogens is 1. The number of nitrogens with one attached hydrogen (secondary N) is 1. The predicted octanol–water partition coefficient (Wildman–Crippen LogP) is 4.35. The first-order chi connectivity index (χ1) is 13.5. The van der Waals surface area contributed by atoms with Crippen molar-refractivity contribution in [1.29, 1.82) is 0 Å². The molecule has 7 heteroatoms. The van der Waals surface area contributed by atoms with Gasteiger partial charge >= 0.3 is 6.03 Å². The molecular formula is C21H22ClFN4O. The van der Waals surface area contributed by atoms with E-state index in [0.717, 1.165) is 16.5 Å². The number of hydrogen-bond acceptors (Lipinski definition) is 2. The average Bonchev–Trinajstić information content (AvgIpc) is 3.21. The van der Waals surface area contributed by atoms with Gasteiger partial charge in [0.05, 0.1) is 6.04 Å². The minimum atomic E-state index is -0.556. The standard InChI is InChI=1S/C21H22ClFN4O/c1-14(15-7-9-17(23)10-8-15)27-19(22)20(24-2)26(21(27)28)13-25-12-11-16-5-3-4-6-18(16)25/h3-12,14,19-20,24H,13H2,1-2H3. The summed E-state index contributed by atoms with van der Waals surface area (Å²) in [5, 5.41) is 4.28. The van der Waals surface area contributed by atoms with E-state index in [1.54, 1.807) is 29.0 Å². The lowest BCUT2D eigenvalue weighted by molar-refractivity contribution is 0.162. The van der Waals surface area contributed by atoms with Crippen LogP contribution in [0.3, 0.4) is 0 Å². The van der Waals surface area contributed by atoms with Gasteiger partial charge in [-0.05, 0) is 49.2 Å². The Kier molecular flexibility index (Phi) is 5.00. The SMILES string of the molecule is CNC1C(Cl)N(C(C)c2ccc(F)cc2)C(=O)N1Cn1ccc2ccccc21. The highest BCUT2D eigenvalue weighted by atomic mass is 35.5. The van der Waals surface area contributed by atoms with Gasteiger partial charge in [-0.15, -0.1) is 0 Å². The van der Waals surface area contributed by atoms with E-state index in [1.807, 2.05) is 48.0 Å². The molecule has 1 saturated heterocycles. The van der Waals surface area contributed by atoms with Gasteiger partial charge in [0.1, 0.15) is 24.2 Å². The van der Waals surface area contributed by atoms with Crippen molar-refractivity contribution in [3.8, 4) is 0 Å². The third kappa shape index (κ3) is 3.12. The van der Waals surface area contributed by atoms with Crippen LogP contribution in [0.1, 0.15) is 18.5 Å². The molecule has 3 aromatic rings. The van der Waals surface area contributed by atoms with Gasteiger partial charge < -0.3 is 4.57 Å². The van der Waals surface area contributed by atoms with Crippen LogP contribution in [-0.2, 0) is 6.67 Å². The van der Waals surface area contributed by atoms with Crippen molar-refractivity contribution in [2.45, 2.75) is 31.3 Å². The molecule has 5 nitrogen and oxygen atoms in total. The number of nitrogens with zero attached hydrogens (tertiary/aromatic N) is 3. The Balaban J connectivity index is 1.63. The van der Waals surface area contributed by atoms with Crippen molar-refractivity contribution < 1.29 is 9.18 Å². The summed E-state index contributed by atoms with van der Waals surface area (Å²) in [7, 11) is 1.79. The molecule has 0 aliphatic carbocycles. The third-order valence-electron chi connectivity index (χ3n) is 5.38. The molecule has 4 rings (SSSR count). The number of para-hydroxylation sites is 1. The number of carbonyl (C=O) groups excluding carboxylic acids is 1. The largest absolute Gasteiger partial charge is 0.329 e. The van der Waals surface area contributed by atoms with Crippen molar-refractivity contribution in [3.05, 3.63) is 72.2 Å². The highest BCUT2D eigenvalue weighted by Crippen LogP contribution is 2.34. The Hall–Kier alpha value is -2.57. The summed E-state index contributed by atoms with van der Waals surface area (Å²) < 4.78 is 15.3. The summed E-state index contributed by atoms with van der Waals surface area (Å²) >= 11 is 6.69. The predicted molar refractivity (Wildman–Crippen MR) is 108 cm³/mol. The Morgan fingerprint density at radius 2 is 1.86 bits per heavy atom. The number of halogens is 2. The number of urea groups is 1. The summed E-state index contributed by atoms with van der Waals surface area (Å²) in [6.07, 6.45) is 1.62. The van der Waals surface area contributed by atoms with E-state index >= 15 is 0 Å². The van der Waals surface area contributed by atoms with Crippen LogP contribution >= 0.6 is 11.6 Å². The molecule has 1 N–H and O–H groups in total. The lowest BCUT2D eigenvalue weighted by Crippen LogP contribution is -2.45. The van der Waals surface area contributed by atoms with Crippen molar-refractivity contribution in [2.24, 2.45) is 0 Å². The van der Waals surface area contributed by atoms with Gasteiger partial charge in [-0.25, -0.2) is 9.18 Å². The van der Waals surface area contributed by atoms with Gasteiger partial charge in [-0.1, -0.05) is 41.9 Å². The Morgan fingerprint density at radius 3 is 2.57 bits per heavy atom. The van der Waals surface area contributed by atoms with Gasteiger partial charge in [0.2, 0.25) is 0 Å². The van der Waals surface area contributed by atoms with Crippen molar-refractivity contribution in [2.75, 3.05) is 7.05 Å². The summed E-state index contributed by atoms with van der Waals surface area (Å²) in [5.41, 5.74) is 1.34. The van der Waals surface area contributed by atoms with Crippen molar-refractivity contribution >= 4 is 28.5 Å². The number of amides is 2. The number of benzene rings is 2. The first-order valence-corrected chi connectivity index (χ1v) is 9.64. The molecule has 0 radical (unpaired) electrons. The van der Waals surface area contributed by atoms with E-state index in [1.165, 1.54) is 12.1 Å². The lowest BCUT2D eigenvalue weighted by Gasteiger charge is -2.27. The van der Waals surface area contributed by atoms with Gasteiger partial charge in [0.15, 0.2) is 0 Å². The van der Waals surface area contributed by atoms with E-state index in [4.69, 9.17) is 11.6 Å². The van der Waals surface area contributed by atoms with Crippen LogP contribution in [-0.4, -0.2) is 39.1 Å². The molecule has 1 aromatic heterocycles. The van der Waals surface area contributed by atoms with Crippen molar-refractivity contribution in [3.63, 3.8) is 0 Å². The number of hydrogen-bond donors (Lipinski definition) is 1. The van der Waals surface area contributed by atoms with Crippen LogP contribution in [0.5, 0.6) is 0 Å².